The van der Waals surface area contributed by atoms with Crippen molar-refractivity contribution in [3.63, 3.8) is 0 Å². The number of benzene rings is 1. The van der Waals surface area contributed by atoms with E-state index in [1.807, 2.05) is 0 Å². The molecule has 2 aromatic rings. The quantitative estimate of drug-likeness (QED) is 0.500. The summed E-state index contributed by atoms with van der Waals surface area (Å²) in [4.78, 5) is 0. The first-order chi connectivity index (χ1) is 8.61. The number of anilines is 1. The van der Waals surface area contributed by atoms with Gasteiger partial charge in [0.1, 0.15) is 11.6 Å². The second-order valence-corrected chi connectivity index (χ2v) is 4.33. The topological polar surface area (TPSA) is 92.7 Å². The summed E-state index contributed by atoms with van der Waals surface area (Å²) < 4.78 is 13.7. The first kappa shape index (κ1) is 12.8. The van der Waals surface area contributed by atoms with E-state index < -0.39 is 0 Å². The van der Waals surface area contributed by atoms with Crippen molar-refractivity contribution < 1.29 is 4.39 Å². The Morgan fingerprint density at radius 1 is 1.50 bits per heavy atom. The number of H-pyrrole nitrogens is 1. The Morgan fingerprint density at radius 3 is 2.83 bits per heavy atom. The van der Waals surface area contributed by atoms with Crippen LogP contribution >= 0.6 is 11.6 Å². The van der Waals surface area contributed by atoms with Gasteiger partial charge in [-0.1, -0.05) is 17.7 Å². The number of nitrogens with two attached hydrogens (primary N) is 2. The minimum atomic E-state index is -0.371. The van der Waals surface area contributed by atoms with E-state index in [4.69, 9.17) is 23.2 Å². The molecule has 18 heavy (non-hydrogen) atoms. The molecule has 6 N–H and O–H groups in total. The van der Waals surface area contributed by atoms with Crippen LogP contribution in [0.4, 0.5) is 10.2 Å². The molecule has 0 aliphatic rings. The molecule has 0 radical (unpaired) electrons. The Bertz CT molecular complexity index is 542. The van der Waals surface area contributed by atoms with E-state index in [1.165, 1.54) is 6.07 Å². The van der Waals surface area contributed by atoms with E-state index >= 15 is 0 Å². The van der Waals surface area contributed by atoms with Crippen LogP contribution in [0.15, 0.2) is 24.4 Å². The number of nitrogens with one attached hydrogen (secondary N) is 2. The zero-order valence-electron chi connectivity index (χ0n) is 9.45. The number of nitrogen functional groups attached to an aromatic ring is 1. The van der Waals surface area contributed by atoms with Crippen LogP contribution in [0.1, 0.15) is 17.2 Å². The zero-order valence-corrected chi connectivity index (χ0v) is 10.2. The molecule has 7 heteroatoms. The molecule has 0 saturated carbocycles. The average molecular weight is 270 g/mol. The van der Waals surface area contributed by atoms with Crippen LogP contribution in [0.2, 0.25) is 5.02 Å². The zero-order chi connectivity index (χ0) is 13.1. The van der Waals surface area contributed by atoms with Crippen molar-refractivity contribution in [2.24, 2.45) is 5.84 Å². The van der Waals surface area contributed by atoms with Crippen molar-refractivity contribution in [2.45, 2.75) is 12.5 Å². The molecular formula is C11H13ClFN5. The van der Waals surface area contributed by atoms with E-state index in [1.54, 1.807) is 18.3 Å². The fraction of sp³-hybridized carbons (Fsp3) is 0.182. The summed E-state index contributed by atoms with van der Waals surface area (Å²) >= 11 is 5.70. The van der Waals surface area contributed by atoms with Gasteiger partial charge in [0.25, 0.3) is 0 Å². The molecule has 0 bridgehead atoms. The number of hydrogen-bond donors (Lipinski definition) is 4. The largest absolute Gasteiger partial charge is 0.384 e. The summed E-state index contributed by atoms with van der Waals surface area (Å²) in [7, 11) is 0. The fourth-order valence-corrected chi connectivity index (χ4v) is 1.91. The number of aromatic nitrogens is 2. The lowest BCUT2D eigenvalue weighted by Crippen LogP contribution is -2.30. The molecule has 1 aromatic heterocycles. The first-order valence-corrected chi connectivity index (χ1v) is 5.68. The van der Waals surface area contributed by atoms with Crippen LogP contribution < -0.4 is 17.0 Å². The number of rotatable bonds is 4. The van der Waals surface area contributed by atoms with Crippen LogP contribution in [0.3, 0.4) is 0 Å². The number of nitrogens with zero attached hydrogens (tertiary/aromatic N) is 1. The van der Waals surface area contributed by atoms with Gasteiger partial charge in [-0.25, -0.2) is 4.39 Å². The second-order valence-electron chi connectivity index (χ2n) is 3.90. The van der Waals surface area contributed by atoms with Crippen molar-refractivity contribution in [3.8, 4) is 0 Å². The molecule has 1 atom stereocenters. The molecule has 0 saturated heterocycles. The monoisotopic (exact) mass is 269 g/mol. The van der Waals surface area contributed by atoms with Crippen LogP contribution in [0, 0.1) is 5.82 Å². The number of halogens is 2. The van der Waals surface area contributed by atoms with Gasteiger partial charge in [-0.2, -0.15) is 5.10 Å². The molecule has 0 amide bonds. The molecule has 96 valence electrons. The van der Waals surface area contributed by atoms with Gasteiger partial charge >= 0.3 is 0 Å². The van der Waals surface area contributed by atoms with E-state index in [0.29, 0.717) is 28.4 Å². The molecule has 1 unspecified atom stereocenters. The highest BCUT2D eigenvalue weighted by atomic mass is 35.5. The van der Waals surface area contributed by atoms with E-state index in [9.17, 15) is 4.39 Å². The minimum Gasteiger partial charge on any atom is -0.384 e. The van der Waals surface area contributed by atoms with Gasteiger partial charge in [-0.05, 0) is 24.1 Å². The maximum absolute atomic E-state index is 13.7. The second kappa shape index (κ2) is 5.34. The predicted molar refractivity (Wildman–Crippen MR) is 68.2 cm³/mol. The lowest BCUT2D eigenvalue weighted by molar-refractivity contribution is 0.530. The summed E-state index contributed by atoms with van der Waals surface area (Å²) in [5.74, 6) is 5.50. The molecule has 5 nitrogen and oxygen atoms in total. The van der Waals surface area contributed by atoms with Crippen LogP contribution in [-0.2, 0) is 6.42 Å². The third kappa shape index (κ3) is 2.61. The maximum atomic E-state index is 13.7. The van der Waals surface area contributed by atoms with Gasteiger partial charge in [0.05, 0.1) is 12.2 Å². The molecule has 0 spiro atoms. The summed E-state index contributed by atoms with van der Waals surface area (Å²) in [5.41, 5.74) is 9.50. The van der Waals surface area contributed by atoms with E-state index in [0.717, 1.165) is 0 Å². The molecule has 1 aromatic carbocycles. The number of aromatic amines is 1. The maximum Gasteiger partial charge on any atom is 0.127 e. The Balaban J connectivity index is 2.23. The van der Waals surface area contributed by atoms with Crippen molar-refractivity contribution in [1.82, 2.24) is 15.6 Å². The normalized spacial score (nSPS) is 12.6. The van der Waals surface area contributed by atoms with E-state index in [2.05, 4.69) is 15.6 Å². The van der Waals surface area contributed by atoms with Crippen LogP contribution in [-0.4, -0.2) is 10.2 Å². The van der Waals surface area contributed by atoms with Crippen molar-refractivity contribution in [1.29, 1.82) is 0 Å². The van der Waals surface area contributed by atoms with Gasteiger partial charge in [0.2, 0.25) is 0 Å². The lowest BCUT2D eigenvalue weighted by atomic mass is 10.0. The smallest absolute Gasteiger partial charge is 0.127 e. The summed E-state index contributed by atoms with van der Waals surface area (Å²) in [6.07, 6.45) is 1.91. The Hall–Kier alpha value is -1.63. The van der Waals surface area contributed by atoms with Crippen LogP contribution in [0.25, 0.3) is 0 Å². The van der Waals surface area contributed by atoms with Gasteiger partial charge in [0.15, 0.2) is 0 Å². The minimum absolute atomic E-state index is 0.320. The number of hydrogen-bond acceptors (Lipinski definition) is 4. The first-order valence-electron chi connectivity index (χ1n) is 5.30. The summed E-state index contributed by atoms with van der Waals surface area (Å²) in [5, 5.41) is 6.78. The lowest BCUT2D eigenvalue weighted by Gasteiger charge is -2.15. The highest BCUT2D eigenvalue weighted by Crippen LogP contribution is 2.23. The highest BCUT2D eigenvalue weighted by Gasteiger charge is 2.17. The molecule has 2 rings (SSSR count). The standard InChI is InChI=1S/C11H13ClFN5/c12-7-2-1-6(9(13)4-7)3-10(17-15)8-5-16-18-11(8)14/h1-2,4-5,10,17H,3,15H2,(H3,14,16,18). The summed E-state index contributed by atoms with van der Waals surface area (Å²) in [6, 6.07) is 4.20. The summed E-state index contributed by atoms with van der Waals surface area (Å²) in [6.45, 7) is 0. The van der Waals surface area contributed by atoms with Crippen molar-refractivity contribution in [2.75, 3.05) is 5.73 Å². The van der Waals surface area contributed by atoms with Gasteiger partial charge in [-0.3, -0.25) is 16.4 Å². The molecule has 0 fully saturated rings. The van der Waals surface area contributed by atoms with E-state index in [-0.39, 0.29) is 11.9 Å². The third-order valence-corrected chi connectivity index (χ3v) is 2.95. The Kier molecular flexibility index (Phi) is 3.81. The highest BCUT2D eigenvalue weighted by molar-refractivity contribution is 6.30. The SMILES string of the molecule is NNC(Cc1ccc(Cl)cc1F)c1cn[nH]c1N. The predicted octanol–water partition coefficient (Wildman–Crippen LogP) is 1.53. The van der Waals surface area contributed by atoms with Gasteiger partial charge in [0, 0.05) is 10.6 Å². The number of hydrazine groups is 1. The van der Waals surface area contributed by atoms with Crippen LogP contribution in [0.5, 0.6) is 0 Å². The molecular weight excluding hydrogens is 257 g/mol. The third-order valence-electron chi connectivity index (χ3n) is 2.72. The van der Waals surface area contributed by atoms with Crippen molar-refractivity contribution in [3.05, 3.63) is 46.4 Å². The Morgan fingerprint density at radius 2 is 2.28 bits per heavy atom. The molecule has 0 aliphatic carbocycles. The molecule has 1 heterocycles. The van der Waals surface area contributed by atoms with Gasteiger partial charge in [-0.15, -0.1) is 0 Å². The molecule has 0 aliphatic heterocycles. The van der Waals surface area contributed by atoms with Crippen molar-refractivity contribution >= 4 is 17.4 Å². The Labute approximate surface area is 108 Å². The average Bonchev–Trinajstić information content (AvgIpc) is 2.75. The fourth-order valence-electron chi connectivity index (χ4n) is 1.75. The van der Waals surface area contributed by atoms with Gasteiger partial charge < -0.3 is 5.73 Å².